The largest absolute Gasteiger partial charge is 0.456 e. The van der Waals surface area contributed by atoms with Crippen LogP contribution in [-0.2, 0) is 14.3 Å². The van der Waals surface area contributed by atoms with Gasteiger partial charge in [-0.3, -0.25) is 4.79 Å². The Morgan fingerprint density at radius 1 is 1.17 bits per heavy atom. The van der Waals surface area contributed by atoms with Gasteiger partial charge in [-0.25, -0.2) is 0 Å². The summed E-state index contributed by atoms with van der Waals surface area (Å²) in [5.41, 5.74) is 5.57. The van der Waals surface area contributed by atoms with Gasteiger partial charge in [-0.05, 0) is 35.3 Å². The maximum absolute atomic E-state index is 11.7. The molecule has 3 aliphatic rings. The number of rotatable bonds is 5. The van der Waals surface area contributed by atoms with E-state index in [9.17, 15) is 9.90 Å². The number of halogens is 1. The molecule has 10 heteroatoms. The van der Waals surface area contributed by atoms with Crippen molar-refractivity contribution in [2.75, 3.05) is 32.9 Å². The zero-order chi connectivity index (χ0) is 24.8. The maximum Gasteiger partial charge on any atom is 0.295 e. The highest BCUT2D eigenvalue weighted by Gasteiger charge is 2.48. The first-order valence-corrected chi connectivity index (χ1v) is 12.3. The van der Waals surface area contributed by atoms with Crippen molar-refractivity contribution in [1.29, 1.82) is 0 Å². The number of fused-ring (bicyclic) bond motifs is 2. The molecule has 0 spiro atoms. The number of aromatic amines is 1. The summed E-state index contributed by atoms with van der Waals surface area (Å²) in [5, 5.41) is 19.6. The van der Waals surface area contributed by atoms with Crippen LogP contribution in [0.4, 0.5) is 0 Å². The Morgan fingerprint density at radius 2 is 1.94 bits per heavy atom. The van der Waals surface area contributed by atoms with Gasteiger partial charge in [0.15, 0.2) is 6.10 Å². The van der Waals surface area contributed by atoms with Gasteiger partial charge in [0.2, 0.25) is 5.91 Å². The fourth-order valence-electron chi connectivity index (χ4n) is 5.09. The monoisotopic (exact) mass is 511 g/mol. The van der Waals surface area contributed by atoms with Gasteiger partial charge in [0.1, 0.15) is 24.9 Å². The third kappa shape index (κ3) is 4.27. The average Bonchev–Trinajstić information content (AvgIpc) is 3.60. The van der Waals surface area contributed by atoms with Crippen LogP contribution in [0.25, 0.3) is 27.7 Å². The van der Waals surface area contributed by atoms with Crippen molar-refractivity contribution in [3.8, 4) is 17.1 Å². The molecule has 4 heterocycles. The minimum Gasteiger partial charge on any atom is -0.456 e. The van der Waals surface area contributed by atoms with Gasteiger partial charge in [0, 0.05) is 18.7 Å². The smallest absolute Gasteiger partial charge is 0.295 e. The molecular formula is C26H26ClN3O6. The lowest BCUT2D eigenvalue weighted by molar-refractivity contribution is -0.133. The Labute approximate surface area is 212 Å². The molecule has 1 amide bonds. The summed E-state index contributed by atoms with van der Waals surface area (Å²) in [6, 6.07) is 12.3. The number of aliphatic hydroxyl groups excluding tert-OH is 2. The number of imidazole rings is 1. The lowest BCUT2D eigenvalue weighted by atomic mass is 9.96. The molecule has 0 aliphatic carbocycles. The number of hydrogen-bond acceptors (Lipinski definition) is 7. The Bertz CT molecular complexity index is 1320. The molecule has 2 fully saturated rings. The summed E-state index contributed by atoms with van der Waals surface area (Å²) >= 11 is 6.63. The minimum atomic E-state index is -0.633. The van der Waals surface area contributed by atoms with Crippen molar-refractivity contribution < 1.29 is 29.2 Å². The van der Waals surface area contributed by atoms with Crippen LogP contribution >= 0.6 is 11.6 Å². The Kier molecular flexibility index (Phi) is 6.18. The number of H-pyrrole nitrogens is 1. The lowest BCUT2D eigenvalue weighted by Gasteiger charge is -2.26. The van der Waals surface area contributed by atoms with Crippen molar-refractivity contribution in [2.45, 2.75) is 30.8 Å². The Hall–Kier alpha value is -2.95. The van der Waals surface area contributed by atoms with Crippen molar-refractivity contribution in [3.05, 3.63) is 53.1 Å². The maximum atomic E-state index is 11.7. The molecule has 188 valence electrons. The Morgan fingerprint density at radius 3 is 2.69 bits per heavy atom. The summed E-state index contributed by atoms with van der Waals surface area (Å²) in [7, 11) is 0. The van der Waals surface area contributed by atoms with Gasteiger partial charge in [0.05, 0.1) is 29.3 Å². The quantitative estimate of drug-likeness (QED) is 0.481. The van der Waals surface area contributed by atoms with Crippen LogP contribution in [0.2, 0.25) is 5.02 Å². The van der Waals surface area contributed by atoms with Gasteiger partial charge in [-0.2, -0.15) is 4.98 Å². The van der Waals surface area contributed by atoms with E-state index in [1.807, 2.05) is 30.3 Å². The van der Waals surface area contributed by atoms with E-state index in [-0.39, 0.29) is 30.8 Å². The molecule has 36 heavy (non-hydrogen) atoms. The number of carbonyl (C=O) groups excluding carboxylic acids is 1. The van der Waals surface area contributed by atoms with Crippen LogP contribution in [0.15, 0.2) is 42.5 Å². The molecule has 6 rings (SSSR count). The summed E-state index contributed by atoms with van der Waals surface area (Å²) in [4.78, 5) is 21.1. The molecule has 3 N–H and O–H groups in total. The van der Waals surface area contributed by atoms with E-state index >= 15 is 0 Å². The predicted octanol–water partition coefficient (Wildman–Crippen LogP) is 2.40. The number of carbonyl (C=O) groups is 1. The zero-order valence-corrected chi connectivity index (χ0v) is 20.1. The summed E-state index contributed by atoms with van der Waals surface area (Å²) < 4.78 is 17.3. The molecule has 0 saturated carbocycles. The van der Waals surface area contributed by atoms with Crippen molar-refractivity contribution in [2.24, 2.45) is 0 Å². The molecule has 1 aromatic heterocycles. The first-order valence-electron chi connectivity index (χ1n) is 12.0. The number of nitrogens with one attached hydrogen (secondary N) is 1. The number of nitrogens with zero attached hydrogens (tertiary/aromatic N) is 2. The fourth-order valence-corrected chi connectivity index (χ4v) is 5.37. The van der Waals surface area contributed by atoms with E-state index in [1.165, 1.54) is 5.57 Å². The van der Waals surface area contributed by atoms with Crippen molar-refractivity contribution >= 4 is 34.1 Å². The molecule has 4 atom stereocenters. The number of hydrogen-bond donors (Lipinski definition) is 3. The van der Waals surface area contributed by atoms with E-state index in [0.29, 0.717) is 30.7 Å². The number of benzene rings is 2. The summed E-state index contributed by atoms with van der Waals surface area (Å²) in [6.07, 6.45) is 1.11. The van der Waals surface area contributed by atoms with Crippen LogP contribution in [0.1, 0.15) is 12.0 Å². The van der Waals surface area contributed by atoms with Crippen LogP contribution in [0, 0.1) is 0 Å². The molecular weight excluding hydrogens is 486 g/mol. The molecule has 3 aliphatic heterocycles. The van der Waals surface area contributed by atoms with E-state index in [4.69, 9.17) is 30.9 Å². The van der Waals surface area contributed by atoms with Gasteiger partial charge in [-0.1, -0.05) is 41.9 Å². The third-order valence-electron chi connectivity index (χ3n) is 7.06. The van der Waals surface area contributed by atoms with Crippen molar-refractivity contribution in [1.82, 2.24) is 14.9 Å². The Balaban J connectivity index is 1.19. The van der Waals surface area contributed by atoms with Gasteiger partial charge in [0.25, 0.3) is 6.01 Å². The van der Waals surface area contributed by atoms with Gasteiger partial charge < -0.3 is 34.3 Å². The van der Waals surface area contributed by atoms with Gasteiger partial charge >= 0.3 is 0 Å². The lowest BCUT2D eigenvalue weighted by Crippen LogP contribution is -2.36. The molecule has 2 unspecified atom stereocenters. The fraction of sp³-hybridized carbons (Fsp3) is 0.385. The topological polar surface area (TPSA) is 117 Å². The van der Waals surface area contributed by atoms with Crippen LogP contribution in [0.3, 0.4) is 0 Å². The number of aromatic nitrogens is 2. The number of ether oxygens (including phenoxy) is 3. The summed E-state index contributed by atoms with van der Waals surface area (Å²) in [5.74, 6) is -0.246. The second-order valence-electron chi connectivity index (χ2n) is 9.27. The standard InChI is InChI=1S/C26H26ClN3O6/c27-18-10-20-19(28-26(29-20)36-22-13-35-24-21(32)12-34-25(22)24)9-17(18)16-3-1-14(2-4-16)15-5-7-30(8-6-15)23(33)11-31/h1-5,9-10,21-22,24-25,31-32H,6-8,11-13H2,(H,28,29)/t21-,22-,24?,25?/m1/s1. The van der Waals surface area contributed by atoms with E-state index in [0.717, 1.165) is 34.1 Å². The highest BCUT2D eigenvalue weighted by atomic mass is 35.5. The van der Waals surface area contributed by atoms with E-state index < -0.39 is 12.7 Å². The van der Waals surface area contributed by atoms with Crippen molar-refractivity contribution in [3.63, 3.8) is 0 Å². The molecule has 0 bridgehead atoms. The van der Waals surface area contributed by atoms with E-state index in [2.05, 4.69) is 22.1 Å². The molecule has 2 aromatic carbocycles. The highest BCUT2D eigenvalue weighted by Crippen LogP contribution is 2.35. The number of aliphatic hydroxyl groups is 2. The third-order valence-corrected chi connectivity index (χ3v) is 7.37. The van der Waals surface area contributed by atoms with Crippen LogP contribution < -0.4 is 4.74 Å². The minimum absolute atomic E-state index is 0.242. The van der Waals surface area contributed by atoms with Crippen LogP contribution in [-0.4, -0.2) is 88.3 Å². The first kappa shape index (κ1) is 23.4. The predicted molar refractivity (Wildman–Crippen MR) is 133 cm³/mol. The first-order chi connectivity index (χ1) is 17.5. The van der Waals surface area contributed by atoms with E-state index in [1.54, 1.807) is 4.90 Å². The zero-order valence-electron chi connectivity index (χ0n) is 19.4. The highest BCUT2D eigenvalue weighted by molar-refractivity contribution is 6.34. The molecule has 3 aromatic rings. The molecule has 0 radical (unpaired) electrons. The second kappa shape index (κ2) is 9.49. The summed E-state index contributed by atoms with van der Waals surface area (Å²) in [6.45, 7) is 1.21. The number of amides is 1. The van der Waals surface area contributed by atoms with Gasteiger partial charge in [-0.15, -0.1) is 0 Å². The SMILES string of the molecule is O=C(CO)N1CC=C(c2ccc(-c3cc4nc(O[C@@H]5COC6C5OC[C@H]6O)[nH]c4cc3Cl)cc2)CC1. The normalized spacial score (nSPS) is 25.8. The molecule has 2 saturated heterocycles. The average molecular weight is 512 g/mol. The second-order valence-corrected chi connectivity index (χ2v) is 9.67. The molecule has 9 nitrogen and oxygen atoms in total. The van der Waals surface area contributed by atoms with Crippen LogP contribution in [0.5, 0.6) is 6.01 Å².